The summed E-state index contributed by atoms with van der Waals surface area (Å²) < 4.78 is 10.2. The van der Waals surface area contributed by atoms with Crippen molar-refractivity contribution in [3.8, 4) is 5.75 Å². The average molecular weight is 386 g/mol. The Kier molecular flexibility index (Phi) is 7.08. The van der Waals surface area contributed by atoms with E-state index in [-0.39, 0.29) is 29.5 Å². The van der Waals surface area contributed by atoms with Crippen LogP contribution in [0, 0.1) is 17.0 Å². The van der Waals surface area contributed by atoms with Crippen LogP contribution in [0.5, 0.6) is 5.75 Å². The van der Waals surface area contributed by atoms with Gasteiger partial charge in [-0.25, -0.2) is 4.79 Å². The summed E-state index contributed by atoms with van der Waals surface area (Å²) in [5.41, 5.74) is 1.69. The minimum atomic E-state index is -0.816. The zero-order valence-electron chi connectivity index (χ0n) is 16.0. The minimum Gasteiger partial charge on any atom is -0.487 e. The summed E-state index contributed by atoms with van der Waals surface area (Å²) >= 11 is 0. The van der Waals surface area contributed by atoms with Crippen LogP contribution in [-0.4, -0.2) is 42.0 Å². The van der Waals surface area contributed by atoms with E-state index >= 15 is 0 Å². The van der Waals surface area contributed by atoms with Crippen LogP contribution in [0.1, 0.15) is 28.4 Å². The highest BCUT2D eigenvalue weighted by Crippen LogP contribution is 2.28. The lowest BCUT2D eigenvalue weighted by Gasteiger charge is -2.18. The largest absolute Gasteiger partial charge is 0.487 e. The van der Waals surface area contributed by atoms with Crippen LogP contribution in [0.4, 0.5) is 5.69 Å². The van der Waals surface area contributed by atoms with Crippen molar-refractivity contribution >= 4 is 17.6 Å². The number of esters is 1. The molecular weight excluding hydrogens is 364 g/mol. The van der Waals surface area contributed by atoms with Crippen LogP contribution in [0.25, 0.3) is 0 Å². The number of nitro benzene ring substituents is 1. The van der Waals surface area contributed by atoms with Crippen molar-refractivity contribution in [1.29, 1.82) is 0 Å². The second kappa shape index (κ2) is 9.50. The molecule has 0 saturated carbocycles. The van der Waals surface area contributed by atoms with Crippen molar-refractivity contribution in [2.75, 3.05) is 20.3 Å². The Hall–Kier alpha value is -3.42. The Labute approximate surface area is 162 Å². The molecule has 0 aromatic heterocycles. The number of nitrogens with zero attached hydrogens (tertiary/aromatic N) is 2. The smallest absolute Gasteiger partial charge is 0.338 e. The van der Waals surface area contributed by atoms with Gasteiger partial charge in [0.25, 0.3) is 5.91 Å². The summed E-state index contributed by atoms with van der Waals surface area (Å²) in [4.78, 5) is 36.4. The molecule has 0 aliphatic heterocycles. The first kappa shape index (κ1) is 20.9. The molecule has 2 rings (SSSR count). The van der Waals surface area contributed by atoms with Crippen LogP contribution >= 0.6 is 0 Å². The number of rotatable bonds is 8. The van der Waals surface area contributed by atoms with E-state index in [1.54, 1.807) is 14.0 Å². The highest BCUT2D eigenvalue weighted by atomic mass is 16.6. The quantitative estimate of drug-likeness (QED) is 0.393. The molecule has 0 radical (unpaired) electrons. The molecule has 1 amide bonds. The third-order valence-corrected chi connectivity index (χ3v) is 4.11. The van der Waals surface area contributed by atoms with Crippen LogP contribution < -0.4 is 4.74 Å². The molecule has 0 heterocycles. The fraction of sp³-hybridized carbons (Fsp3) is 0.300. The summed E-state index contributed by atoms with van der Waals surface area (Å²) in [6.45, 7) is 3.84. The standard InChI is InChI=1S/C20H22N2O6/c1-4-27-18-10-9-15(11-17(18)22(25)26)20(24)28-13-19(23)21(3)12-16-8-6-5-7-14(16)2/h5-11H,4,12-13H2,1-3H3. The van der Waals surface area contributed by atoms with Crippen molar-refractivity contribution in [2.24, 2.45) is 0 Å². The van der Waals surface area contributed by atoms with Gasteiger partial charge in [-0.2, -0.15) is 0 Å². The molecule has 28 heavy (non-hydrogen) atoms. The van der Waals surface area contributed by atoms with Gasteiger partial charge in [-0.15, -0.1) is 0 Å². The summed E-state index contributed by atoms with van der Waals surface area (Å²) in [6, 6.07) is 11.5. The van der Waals surface area contributed by atoms with Gasteiger partial charge in [-0.1, -0.05) is 24.3 Å². The first-order chi connectivity index (χ1) is 13.3. The van der Waals surface area contributed by atoms with Crippen LogP contribution in [0.3, 0.4) is 0 Å². The monoisotopic (exact) mass is 386 g/mol. The Morgan fingerprint density at radius 1 is 1.18 bits per heavy atom. The number of aryl methyl sites for hydroxylation is 1. The zero-order chi connectivity index (χ0) is 20.7. The maximum absolute atomic E-state index is 12.2. The predicted molar refractivity (Wildman–Crippen MR) is 102 cm³/mol. The van der Waals surface area contributed by atoms with Gasteiger partial charge in [-0.3, -0.25) is 14.9 Å². The first-order valence-electron chi connectivity index (χ1n) is 8.70. The van der Waals surface area contributed by atoms with E-state index < -0.39 is 17.5 Å². The number of amides is 1. The number of benzene rings is 2. The number of carbonyl (C=O) groups is 2. The van der Waals surface area contributed by atoms with Gasteiger partial charge >= 0.3 is 11.7 Å². The summed E-state index contributed by atoms with van der Waals surface area (Å²) in [7, 11) is 1.62. The van der Waals surface area contributed by atoms with E-state index in [4.69, 9.17) is 9.47 Å². The lowest BCUT2D eigenvalue weighted by Crippen LogP contribution is -2.31. The molecule has 0 spiro atoms. The second-order valence-corrected chi connectivity index (χ2v) is 6.13. The molecular formula is C20H22N2O6. The topological polar surface area (TPSA) is 99.0 Å². The molecule has 0 fully saturated rings. The molecule has 0 unspecified atom stereocenters. The third-order valence-electron chi connectivity index (χ3n) is 4.11. The number of ether oxygens (including phenoxy) is 2. The van der Waals surface area contributed by atoms with Gasteiger partial charge in [0.1, 0.15) is 0 Å². The predicted octanol–water partition coefficient (Wildman–Crippen LogP) is 3.12. The summed E-state index contributed by atoms with van der Waals surface area (Å²) in [5.74, 6) is -1.13. The van der Waals surface area contributed by atoms with Crippen LogP contribution in [0.2, 0.25) is 0 Å². The SMILES string of the molecule is CCOc1ccc(C(=O)OCC(=O)N(C)Cc2ccccc2C)cc1[N+](=O)[O-]. The normalized spacial score (nSPS) is 10.2. The molecule has 0 aliphatic rings. The summed E-state index contributed by atoms with van der Waals surface area (Å²) in [5, 5.41) is 11.1. The van der Waals surface area contributed by atoms with Gasteiger partial charge in [0, 0.05) is 19.7 Å². The number of hydrogen-bond acceptors (Lipinski definition) is 6. The van der Waals surface area contributed by atoms with Gasteiger partial charge in [0.05, 0.1) is 17.1 Å². The van der Waals surface area contributed by atoms with E-state index in [0.717, 1.165) is 17.2 Å². The van der Waals surface area contributed by atoms with Crippen molar-refractivity contribution in [3.63, 3.8) is 0 Å². The average Bonchev–Trinajstić information content (AvgIpc) is 2.67. The molecule has 0 saturated heterocycles. The lowest BCUT2D eigenvalue weighted by molar-refractivity contribution is -0.385. The van der Waals surface area contributed by atoms with Crippen molar-refractivity contribution < 1.29 is 24.0 Å². The number of carbonyl (C=O) groups excluding carboxylic acids is 2. The zero-order valence-corrected chi connectivity index (χ0v) is 16.0. The Bertz CT molecular complexity index is 881. The van der Waals surface area contributed by atoms with Crippen molar-refractivity contribution in [1.82, 2.24) is 4.90 Å². The van der Waals surface area contributed by atoms with E-state index in [2.05, 4.69) is 0 Å². The van der Waals surface area contributed by atoms with Crippen LogP contribution in [0.15, 0.2) is 42.5 Å². The first-order valence-corrected chi connectivity index (χ1v) is 8.70. The number of hydrogen-bond donors (Lipinski definition) is 0. The Morgan fingerprint density at radius 3 is 2.54 bits per heavy atom. The Balaban J connectivity index is 1.99. The molecule has 0 aliphatic carbocycles. The molecule has 2 aromatic carbocycles. The van der Waals surface area contributed by atoms with E-state index in [0.29, 0.717) is 6.54 Å². The third kappa shape index (κ3) is 5.29. The Morgan fingerprint density at radius 2 is 1.89 bits per heavy atom. The lowest BCUT2D eigenvalue weighted by atomic mass is 10.1. The van der Waals surface area contributed by atoms with Gasteiger partial charge in [0.2, 0.25) is 0 Å². The molecule has 0 N–H and O–H groups in total. The van der Waals surface area contributed by atoms with E-state index in [1.807, 2.05) is 31.2 Å². The van der Waals surface area contributed by atoms with Crippen molar-refractivity contribution in [3.05, 3.63) is 69.3 Å². The molecule has 148 valence electrons. The van der Waals surface area contributed by atoms with Gasteiger partial charge in [-0.05, 0) is 37.1 Å². The number of likely N-dealkylation sites (N-methyl/N-ethyl adjacent to an activating group) is 1. The fourth-order valence-electron chi connectivity index (χ4n) is 2.52. The van der Waals surface area contributed by atoms with Gasteiger partial charge in [0.15, 0.2) is 12.4 Å². The van der Waals surface area contributed by atoms with Crippen molar-refractivity contribution in [2.45, 2.75) is 20.4 Å². The van der Waals surface area contributed by atoms with Crippen LogP contribution in [-0.2, 0) is 16.1 Å². The molecule has 8 nitrogen and oxygen atoms in total. The maximum atomic E-state index is 12.2. The minimum absolute atomic E-state index is 0.0236. The fourth-order valence-corrected chi connectivity index (χ4v) is 2.52. The second-order valence-electron chi connectivity index (χ2n) is 6.13. The summed E-state index contributed by atoms with van der Waals surface area (Å²) in [6.07, 6.45) is 0. The molecule has 8 heteroatoms. The van der Waals surface area contributed by atoms with E-state index in [1.165, 1.54) is 17.0 Å². The molecule has 2 aromatic rings. The van der Waals surface area contributed by atoms with E-state index in [9.17, 15) is 19.7 Å². The molecule has 0 atom stereocenters. The molecule has 0 bridgehead atoms. The maximum Gasteiger partial charge on any atom is 0.338 e. The number of nitro groups is 1. The highest BCUT2D eigenvalue weighted by molar-refractivity contribution is 5.92. The highest BCUT2D eigenvalue weighted by Gasteiger charge is 2.20. The van der Waals surface area contributed by atoms with Gasteiger partial charge < -0.3 is 14.4 Å².